The van der Waals surface area contributed by atoms with Crippen molar-refractivity contribution < 1.29 is 4.42 Å². The van der Waals surface area contributed by atoms with Crippen LogP contribution in [0.5, 0.6) is 0 Å². The first-order chi connectivity index (χ1) is 12.7. The molecule has 4 aromatic rings. The van der Waals surface area contributed by atoms with Crippen LogP contribution in [0.15, 0.2) is 77.6 Å². The molecule has 5 rings (SSSR count). The molecule has 0 bridgehead atoms. The van der Waals surface area contributed by atoms with Crippen molar-refractivity contribution in [3.05, 3.63) is 84.3 Å². The average Bonchev–Trinajstić information content (AvgIpc) is 3.29. The topological polar surface area (TPSA) is 38.9 Å². The zero-order valence-corrected chi connectivity index (χ0v) is 14.7. The summed E-state index contributed by atoms with van der Waals surface area (Å²) < 4.78 is 5.26. The lowest BCUT2D eigenvalue weighted by Crippen LogP contribution is -2.17. The monoisotopic (exact) mass is 338 g/mol. The Hall–Kier alpha value is -3.20. The van der Waals surface area contributed by atoms with Crippen LogP contribution in [0, 0.1) is 0 Å². The first-order valence-corrected chi connectivity index (χ1v) is 8.76. The zero-order chi connectivity index (χ0) is 17.7. The van der Waals surface area contributed by atoms with E-state index in [9.17, 15) is 0 Å². The van der Waals surface area contributed by atoms with Gasteiger partial charge in [0.15, 0.2) is 5.82 Å². The lowest BCUT2D eigenvalue weighted by Gasteiger charge is -2.23. The maximum Gasteiger partial charge on any atom is 0.163 e. The first kappa shape index (κ1) is 15.1. The van der Waals surface area contributed by atoms with E-state index in [2.05, 4.69) is 62.4 Å². The molecule has 2 aromatic carbocycles. The SMILES string of the molecule is CC1(C)c2ccccc2-c2nc(-c3ccoc3)nc(-c3ccccc3)c21. The lowest BCUT2D eigenvalue weighted by atomic mass is 9.81. The van der Waals surface area contributed by atoms with Gasteiger partial charge in [0.1, 0.15) is 6.26 Å². The van der Waals surface area contributed by atoms with Crippen molar-refractivity contribution in [1.82, 2.24) is 9.97 Å². The molecule has 0 spiro atoms. The van der Waals surface area contributed by atoms with Crippen molar-refractivity contribution >= 4 is 0 Å². The zero-order valence-electron chi connectivity index (χ0n) is 14.7. The quantitative estimate of drug-likeness (QED) is 0.470. The number of nitrogens with zero attached hydrogens (tertiary/aromatic N) is 2. The van der Waals surface area contributed by atoms with Crippen molar-refractivity contribution in [2.45, 2.75) is 19.3 Å². The third-order valence-corrected chi connectivity index (χ3v) is 5.22. The predicted octanol–water partition coefficient (Wildman–Crippen LogP) is 5.71. The van der Waals surface area contributed by atoms with Gasteiger partial charge in [-0.1, -0.05) is 68.4 Å². The number of hydrogen-bond donors (Lipinski definition) is 0. The number of fused-ring (bicyclic) bond motifs is 3. The minimum absolute atomic E-state index is 0.147. The normalized spacial score (nSPS) is 14.1. The summed E-state index contributed by atoms with van der Waals surface area (Å²) in [6.45, 7) is 4.51. The Morgan fingerprint density at radius 2 is 1.50 bits per heavy atom. The smallest absolute Gasteiger partial charge is 0.163 e. The Morgan fingerprint density at radius 3 is 2.27 bits per heavy atom. The summed E-state index contributed by atoms with van der Waals surface area (Å²) in [6, 6.07) is 20.8. The van der Waals surface area contributed by atoms with Gasteiger partial charge in [0.05, 0.1) is 23.2 Å². The van der Waals surface area contributed by atoms with E-state index >= 15 is 0 Å². The molecule has 0 amide bonds. The Morgan fingerprint density at radius 1 is 0.769 bits per heavy atom. The molecule has 2 heterocycles. The largest absolute Gasteiger partial charge is 0.472 e. The van der Waals surface area contributed by atoms with Crippen LogP contribution < -0.4 is 0 Å². The second-order valence-corrected chi connectivity index (χ2v) is 7.17. The van der Waals surface area contributed by atoms with E-state index in [1.165, 1.54) is 16.7 Å². The van der Waals surface area contributed by atoms with Crippen molar-refractivity contribution in [2.24, 2.45) is 0 Å². The van der Waals surface area contributed by atoms with Crippen LogP contribution >= 0.6 is 0 Å². The van der Waals surface area contributed by atoms with Gasteiger partial charge < -0.3 is 4.42 Å². The molecule has 2 aromatic heterocycles. The van der Waals surface area contributed by atoms with Crippen molar-refractivity contribution in [3.8, 4) is 33.9 Å². The summed E-state index contributed by atoms with van der Waals surface area (Å²) in [5.74, 6) is 0.698. The van der Waals surface area contributed by atoms with E-state index in [4.69, 9.17) is 14.4 Å². The highest BCUT2D eigenvalue weighted by atomic mass is 16.3. The highest BCUT2D eigenvalue weighted by molar-refractivity contribution is 5.85. The molecule has 0 saturated carbocycles. The molecule has 0 N–H and O–H groups in total. The Labute approximate surface area is 152 Å². The molecule has 0 unspecified atom stereocenters. The fourth-order valence-corrected chi connectivity index (χ4v) is 3.94. The second kappa shape index (κ2) is 5.40. The van der Waals surface area contributed by atoms with E-state index in [1.54, 1.807) is 12.5 Å². The van der Waals surface area contributed by atoms with Gasteiger partial charge in [0.25, 0.3) is 0 Å². The number of rotatable bonds is 2. The molecule has 126 valence electrons. The van der Waals surface area contributed by atoms with Gasteiger partial charge in [0.2, 0.25) is 0 Å². The molecule has 0 radical (unpaired) electrons. The maximum atomic E-state index is 5.26. The molecule has 0 saturated heterocycles. The Kier molecular flexibility index (Phi) is 3.13. The molecule has 3 nitrogen and oxygen atoms in total. The van der Waals surface area contributed by atoms with Gasteiger partial charge in [-0.25, -0.2) is 9.97 Å². The Bertz CT molecular complexity index is 1100. The number of aromatic nitrogens is 2. The van der Waals surface area contributed by atoms with Crippen LogP contribution in [0.4, 0.5) is 0 Å². The van der Waals surface area contributed by atoms with Crippen LogP contribution in [0.1, 0.15) is 25.0 Å². The van der Waals surface area contributed by atoms with Crippen LogP contribution in [-0.2, 0) is 5.41 Å². The summed E-state index contributed by atoms with van der Waals surface area (Å²) in [5.41, 5.74) is 7.55. The maximum absolute atomic E-state index is 5.26. The molecule has 1 aliphatic carbocycles. The van der Waals surface area contributed by atoms with Crippen molar-refractivity contribution in [1.29, 1.82) is 0 Å². The van der Waals surface area contributed by atoms with E-state index in [0.717, 1.165) is 22.5 Å². The minimum atomic E-state index is -0.147. The summed E-state index contributed by atoms with van der Waals surface area (Å²) in [6.07, 6.45) is 3.36. The summed E-state index contributed by atoms with van der Waals surface area (Å²) in [5, 5.41) is 0. The van der Waals surface area contributed by atoms with Crippen LogP contribution in [0.25, 0.3) is 33.9 Å². The summed E-state index contributed by atoms with van der Waals surface area (Å²) >= 11 is 0. The number of benzene rings is 2. The van der Waals surface area contributed by atoms with Crippen LogP contribution in [0.3, 0.4) is 0 Å². The van der Waals surface area contributed by atoms with Gasteiger partial charge in [-0.15, -0.1) is 0 Å². The highest BCUT2D eigenvalue weighted by Gasteiger charge is 2.39. The third kappa shape index (κ3) is 2.07. The number of hydrogen-bond acceptors (Lipinski definition) is 3. The number of furan rings is 1. The summed E-state index contributed by atoms with van der Waals surface area (Å²) in [4.78, 5) is 9.91. The van der Waals surface area contributed by atoms with E-state index in [-0.39, 0.29) is 5.41 Å². The molecule has 0 aliphatic heterocycles. The molecular formula is C23H18N2O. The first-order valence-electron chi connectivity index (χ1n) is 8.76. The molecular weight excluding hydrogens is 320 g/mol. The van der Waals surface area contributed by atoms with E-state index in [0.29, 0.717) is 5.82 Å². The lowest BCUT2D eigenvalue weighted by molar-refractivity contribution is 0.568. The third-order valence-electron chi connectivity index (χ3n) is 5.22. The second-order valence-electron chi connectivity index (χ2n) is 7.17. The fraction of sp³-hybridized carbons (Fsp3) is 0.130. The summed E-state index contributed by atoms with van der Waals surface area (Å²) in [7, 11) is 0. The van der Waals surface area contributed by atoms with Crippen LogP contribution in [0.2, 0.25) is 0 Å². The molecule has 1 aliphatic rings. The Balaban J connectivity index is 1.88. The van der Waals surface area contributed by atoms with E-state index < -0.39 is 0 Å². The van der Waals surface area contributed by atoms with Gasteiger partial charge >= 0.3 is 0 Å². The minimum Gasteiger partial charge on any atom is -0.472 e. The predicted molar refractivity (Wildman–Crippen MR) is 103 cm³/mol. The van der Waals surface area contributed by atoms with Crippen molar-refractivity contribution in [2.75, 3.05) is 0 Å². The highest BCUT2D eigenvalue weighted by Crippen LogP contribution is 2.51. The molecule has 3 heteroatoms. The average molecular weight is 338 g/mol. The van der Waals surface area contributed by atoms with Gasteiger partial charge in [0, 0.05) is 22.1 Å². The van der Waals surface area contributed by atoms with E-state index in [1.807, 2.05) is 12.1 Å². The van der Waals surface area contributed by atoms with Gasteiger partial charge in [-0.05, 0) is 11.6 Å². The fourth-order valence-electron chi connectivity index (χ4n) is 3.94. The molecule has 26 heavy (non-hydrogen) atoms. The molecule has 0 atom stereocenters. The van der Waals surface area contributed by atoms with Gasteiger partial charge in [-0.2, -0.15) is 0 Å². The molecule has 0 fully saturated rings. The van der Waals surface area contributed by atoms with Crippen LogP contribution in [-0.4, -0.2) is 9.97 Å². The standard InChI is InChI=1S/C23H18N2O/c1-23(2)18-11-7-6-10-17(18)21-19(23)20(15-8-4-3-5-9-15)24-22(25-21)16-12-13-26-14-16/h3-14H,1-2H3. The van der Waals surface area contributed by atoms with Crippen molar-refractivity contribution in [3.63, 3.8) is 0 Å². The van der Waals surface area contributed by atoms with Gasteiger partial charge in [-0.3, -0.25) is 0 Å².